The van der Waals surface area contributed by atoms with Crippen LogP contribution in [0.3, 0.4) is 0 Å². The average molecular weight is 446 g/mol. The van der Waals surface area contributed by atoms with Gasteiger partial charge in [-0.05, 0) is 32.0 Å². The number of hydrogen-bond donors (Lipinski definition) is 0. The molecule has 0 amide bonds. The van der Waals surface area contributed by atoms with Crippen LogP contribution in [0.15, 0.2) is 96.7 Å². The molecule has 0 N–H and O–H groups in total. The van der Waals surface area contributed by atoms with Gasteiger partial charge in [0.05, 0.1) is 22.8 Å². The van der Waals surface area contributed by atoms with Gasteiger partial charge in [-0.15, -0.1) is 0 Å². The minimum atomic E-state index is -0.301. The van der Waals surface area contributed by atoms with Crippen molar-refractivity contribution in [2.75, 3.05) is 7.05 Å². The number of allylic oxidation sites excluding steroid dienone is 3. The van der Waals surface area contributed by atoms with Crippen LogP contribution < -0.4 is 5.11 Å². The van der Waals surface area contributed by atoms with E-state index >= 15 is 0 Å². The number of hydrogen-bond acceptors (Lipinski definition) is 3. The first-order valence-electron chi connectivity index (χ1n) is 11.3. The molecule has 1 aliphatic heterocycles. The van der Waals surface area contributed by atoms with Gasteiger partial charge in [-0.25, -0.2) is 0 Å². The molecule has 4 aromatic rings. The van der Waals surface area contributed by atoms with Crippen LogP contribution in [0.4, 0.5) is 5.69 Å². The molecule has 2 aromatic carbocycles. The molecule has 1 aliphatic carbocycles. The van der Waals surface area contributed by atoms with E-state index in [0.717, 1.165) is 28.0 Å². The summed E-state index contributed by atoms with van der Waals surface area (Å²) in [6.45, 7) is 4.25. The Morgan fingerprint density at radius 1 is 1.03 bits per heavy atom. The quantitative estimate of drug-likeness (QED) is 0.349. The minimum absolute atomic E-state index is 0.202. The van der Waals surface area contributed by atoms with Crippen LogP contribution in [0.2, 0.25) is 0 Å². The predicted octanol–water partition coefficient (Wildman–Crippen LogP) is 4.31. The molecular formula is C29H23N3O2. The van der Waals surface area contributed by atoms with Crippen LogP contribution in [0.1, 0.15) is 25.0 Å². The van der Waals surface area contributed by atoms with Crippen LogP contribution in [0.5, 0.6) is 0 Å². The molecule has 5 nitrogen and oxygen atoms in total. The van der Waals surface area contributed by atoms with E-state index in [0.29, 0.717) is 5.56 Å². The largest absolute Gasteiger partial charge is 0.871 e. The third-order valence-electron chi connectivity index (χ3n) is 7.07. The van der Waals surface area contributed by atoms with Gasteiger partial charge >= 0.3 is 0 Å². The van der Waals surface area contributed by atoms with Crippen LogP contribution >= 0.6 is 0 Å². The van der Waals surface area contributed by atoms with E-state index < -0.39 is 0 Å². The molecule has 0 radical (unpaired) electrons. The first-order chi connectivity index (χ1) is 16.4. The highest BCUT2D eigenvalue weighted by Gasteiger charge is 2.44. The molecule has 0 unspecified atom stereocenters. The molecule has 3 heterocycles. The van der Waals surface area contributed by atoms with Crippen molar-refractivity contribution in [3.05, 3.63) is 108 Å². The van der Waals surface area contributed by atoms with Crippen molar-refractivity contribution in [1.82, 2.24) is 9.55 Å². The van der Waals surface area contributed by atoms with E-state index in [4.69, 9.17) is 0 Å². The molecule has 6 rings (SSSR count). The van der Waals surface area contributed by atoms with Gasteiger partial charge in [0.15, 0.2) is 11.5 Å². The van der Waals surface area contributed by atoms with Crippen molar-refractivity contribution in [1.29, 1.82) is 0 Å². The van der Waals surface area contributed by atoms with Crippen LogP contribution in [-0.4, -0.2) is 32.7 Å². The van der Waals surface area contributed by atoms with E-state index in [1.54, 1.807) is 18.5 Å². The van der Waals surface area contributed by atoms with Gasteiger partial charge in [0.25, 0.3) is 0 Å². The number of carbonyl (C=O) groups excluding carboxylic acids is 1. The van der Waals surface area contributed by atoms with E-state index in [1.165, 1.54) is 5.56 Å². The fraction of sp³-hybridized carbons (Fsp3) is 0.138. The van der Waals surface area contributed by atoms with Crippen molar-refractivity contribution < 1.29 is 14.5 Å². The monoisotopic (exact) mass is 445 g/mol. The lowest BCUT2D eigenvalue weighted by Gasteiger charge is -2.30. The summed E-state index contributed by atoms with van der Waals surface area (Å²) in [4.78, 5) is 17.6. The SMILES string of the molecule is C[N+]1=C(/C=C2/C(=O)C(c3cn(-c4cccnc4)c4ccccc34)=C2[O-])C(C)(C)c2ccccc21. The van der Waals surface area contributed by atoms with Gasteiger partial charge in [-0.2, -0.15) is 4.58 Å². The number of carbonyl (C=O) groups is 1. The molecule has 2 aromatic heterocycles. The minimum Gasteiger partial charge on any atom is -0.871 e. The maximum atomic E-state index is 13.4. The maximum Gasteiger partial charge on any atom is 0.209 e. The van der Waals surface area contributed by atoms with Crippen LogP contribution in [0, 0.1) is 0 Å². The number of rotatable bonds is 3. The Balaban J connectivity index is 1.48. The Labute approximate surface area is 197 Å². The Morgan fingerprint density at radius 2 is 1.79 bits per heavy atom. The lowest BCUT2D eigenvalue weighted by molar-refractivity contribution is -0.401. The molecule has 0 bridgehead atoms. The van der Waals surface area contributed by atoms with E-state index in [2.05, 4.69) is 35.5 Å². The van der Waals surface area contributed by atoms with Gasteiger partial charge in [0, 0.05) is 52.2 Å². The van der Waals surface area contributed by atoms with Gasteiger partial charge in [0.2, 0.25) is 5.69 Å². The lowest BCUT2D eigenvalue weighted by Crippen LogP contribution is -2.33. The smallest absolute Gasteiger partial charge is 0.209 e. The Hall–Kier alpha value is -4.25. The highest BCUT2D eigenvalue weighted by molar-refractivity contribution is 6.41. The van der Waals surface area contributed by atoms with E-state index in [-0.39, 0.29) is 28.1 Å². The normalized spacial score (nSPS) is 18.1. The number of para-hydroxylation sites is 2. The van der Waals surface area contributed by atoms with Crippen molar-refractivity contribution in [3.63, 3.8) is 0 Å². The molecule has 5 heteroatoms. The zero-order chi connectivity index (χ0) is 23.6. The van der Waals surface area contributed by atoms with Gasteiger partial charge in [-0.3, -0.25) is 9.78 Å². The van der Waals surface area contributed by atoms with Gasteiger partial charge in [0.1, 0.15) is 7.05 Å². The number of benzene rings is 2. The van der Waals surface area contributed by atoms with Crippen LogP contribution in [-0.2, 0) is 10.2 Å². The number of ketones is 1. The molecule has 0 fully saturated rings. The third kappa shape index (κ3) is 2.70. The van der Waals surface area contributed by atoms with Crippen molar-refractivity contribution in [2.45, 2.75) is 19.3 Å². The predicted molar refractivity (Wildman–Crippen MR) is 131 cm³/mol. The molecule has 34 heavy (non-hydrogen) atoms. The molecule has 0 saturated heterocycles. The van der Waals surface area contributed by atoms with Crippen molar-refractivity contribution in [3.8, 4) is 5.69 Å². The molecule has 0 atom stereocenters. The zero-order valence-corrected chi connectivity index (χ0v) is 19.2. The second kappa shape index (κ2) is 7.12. The van der Waals surface area contributed by atoms with Crippen LogP contribution in [0.25, 0.3) is 22.2 Å². The molecule has 0 saturated carbocycles. The van der Waals surface area contributed by atoms with Gasteiger partial charge < -0.3 is 9.67 Å². The number of aromatic nitrogens is 2. The number of Topliss-reactive ketones (excluding diaryl/α,β-unsaturated/α-hetero) is 1. The summed E-state index contributed by atoms with van der Waals surface area (Å²) in [5.74, 6) is -0.404. The topological polar surface area (TPSA) is 61.0 Å². The summed E-state index contributed by atoms with van der Waals surface area (Å²) in [6, 6.07) is 19.8. The summed E-state index contributed by atoms with van der Waals surface area (Å²) in [6.07, 6.45) is 7.15. The second-order valence-corrected chi connectivity index (χ2v) is 9.32. The summed E-state index contributed by atoms with van der Waals surface area (Å²) in [5, 5.41) is 14.2. The van der Waals surface area contributed by atoms with Gasteiger partial charge in [-0.1, -0.05) is 42.2 Å². The fourth-order valence-electron chi connectivity index (χ4n) is 5.27. The Morgan fingerprint density at radius 3 is 2.53 bits per heavy atom. The van der Waals surface area contributed by atoms with Crippen molar-refractivity contribution >= 4 is 33.7 Å². The summed E-state index contributed by atoms with van der Waals surface area (Å²) in [7, 11) is 1.99. The summed E-state index contributed by atoms with van der Waals surface area (Å²) < 4.78 is 4.06. The zero-order valence-electron chi connectivity index (χ0n) is 19.2. The first-order valence-corrected chi connectivity index (χ1v) is 11.3. The molecular weight excluding hydrogens is 422 g/mol. The average Bonchev–Trinajstić information content (AvgIpc) is 3.32. The standard InChI is InChI=1S/C29H23N3O2/c1-29(2)22-11-5-7-13-24(22)31(3)25(29)15-20-27(33)26(28(20)34)21-17-32(18-9-8-14-30-16-18)23-12-6-4-10-19(21)23/h4-17H,1-3H3. The fourth-order valence-corrected chi connectivity index (χ4v) is 5.27. The number of fused-ring (bicyclic) bond motifs is 2. The van der Waals surface area contributed by atoms with Crippen molar-refractivity contribution in [2.24, 2.45) is 0 Å². The highest BCUT2D eigenvalue weighted by atomic mass is 16.3. The molecule has 166 valence electrons. The lowest BCUT2D eigenvalue weighted by atomic mass is 9.77. The van der Waals surface area contributed by atoms with E-state index in [1.807, 2.05) is 66.3 Å². The summed E-state index contributed by atoms with van der Waals surface area (Å²) in [5.41, 5.74) is 5.90. The number of pyridine rings is 1. The Kier molecular flexibility index (Phi) is 4.27. The molecule has 2 aliphatic rings. The first kappa shape index (κ1) is 20.4. The molecule has 0 spiro atoms. The summed E-state index contributed by atoms with van der Waals surface area (Å²) >= 11 is 0. The highest BCUT2D eigenvalue weighted by Crippen LogP contribution is 2.43. The number of nitrogens with zero attached hydrogens (tertiary/aromatic N) is 3. The van der Waals surface area contributed by atoms with E-state index in [9.17, 15) is 9.90 Å². The Bertz CT molecular complexity index is 1600. The third-order valence-corrected chi connectivity index (χ3v) is 7.07. The maximum absolute atomic E-state index is 13.4. The second-order valence-electron chi connectivity index (χ2n) is 9.32.